The summed E-state index contributed by atoms with van der Waals surface area (Å²) in [6.45, 7) is 7.59. The van der Waals surface area contributed by atoms with E-state index in [1.165, 1.54) is 0 Å². The maximum absolute atomic E-state index is 12.9. The molecular formula is C18H28N2O3S. The number of benzene rings is 1. The van der Waals surface area contributed by atoms with Gasteiger partial charge in [0, 0.05) is 31.8 Å². The van der Waals surface area contributed by atoms with Gasteiger partial charge in [-0.3, -0.25) is 4.90 Å². The van der Waals surface area contributed by atoms with Gasteiger partial charge in [0.05, 0.1) is 4.90 Å². The molecule has 0 bridgehead atoms. The van der Waals surface area contributed by atoms with Crippen molar-refractivity contribution in [2.45, 2.75) is 37.1 Å². The van der Waals surface area contributed by atoms with E-state index in [1.807, 2.05) is 26.0 Å². The molecule has 0 radical (unpaired) electrons. The maximum Gasteiger partial charge on any atom is 0.243 e. The second kappa shape index (κ2) is 6.75. The van der Waals surface area contributed by atoms with Crippen LogP contribution < -0.4 is 0 Å². The fraction of sp³-hybridized carbons (Fsp3) is 0.667. The van der Waals surface area contributed by atoms with E-state index in [-0.39, 0.29) is 5.54 Å². The van der Waals surface area contributed by atoms with Crippen molar-refractivity contribution in [3.05, 3.63) is 29.8 Å². The number of piperidine rings is 1. The van der Waals surface area contributed by atoms with Crippen molar-refractivity contribution in [1.29, 1.82) is 0 Å². The van der Waals surface area contributed by atoms with Crippen LogP contribution in [0.2, 0.25) is 0 Å². The minimum atomic E-state index is -3.39. The molecule has 0 saturated carbocycles. The lowest BCUT2D eigenvalue weighted by Gasteiger charge is -2.57. The number of hydrogen-bond donors (Lipinski definition) is 0. The highest BCUT2D eigenvalue weighted by Crippen LogP contribution is 2.40. The summed E-state index contributed by atoms with van der Waals surface area (Å²) in [6.07, 6.45) is 2.14. The molecule has 2 aliphatic heterocycles. The molecule has 0 amide bonds. The van der Waals surface area contributed by atoms with Crippen LogP contribution in [0.3, 0.4) is 0 Å². The highest BCUT2D eigenvalue weighted by atomic mass is 32.2. The summed E-state index contributed by atoms with van der Waals surface area (Å²) >= 11 is 0. The fourth-order valence-electron chi connectivity index (χ4n) is 3.97. The Morgan fingerprint density at radius 3 is 2.67 bits per heavy atom. The number of hydrogen-bond acceptors (Lipinski definition) is 4. The Balaban J connectivity index is 1.72. The molecule has 1 aromatic rings. The van der Waals surface area contributed by atoms with Crippen LogP contribution in [0.5, 0.6) is 0 Å². The first-order valence-corrected chi connectivity index (χ1v) is 10.2. The van der Waals surface area contributed by atoms with Gasteiger partial charge in [-0.2, -0.15) is 4.31 Å². The average Bonchev–Trinajstić information content (AvgIpc) is 2.52. The Bertz CT molecular complexity index is 681. The van der Waals surface area contributed by atoms with E-state index in [0.29, 0.717) is 23.9 Å². The zero-order valence-corrected chi connectivity index (χ0v) is 15.7. The average molecular weight is 353 g/mol. The van der Waals surface area contributed by atoms with Crippen molar-refractivity contribution >= 4 is 10.0 Å². The van der Waals surface area contributed by atoms with Gasteiger partial charge in [-0.25, -0.2) is 8.42 Å². The molecule has 2 heterocycles. The smallest absolute Gasteiger partial charge is 0.243 e. The minimum absolute atomic E-state index is 0.0181. The molecule has 0 unspecified atom stereocenters. The van der Waals surface area contributed by atoms with Crippen LogP contribution in [0.1, 0.15) is 25.3 Å². The van der Waals surface area contributed by atoms with Gasteiger partial charge in [0.15, 0.2) is 0 Å². The largest absolute Gasteiger partial charge is 0.381 e. The lowest BCUT2D eigenvalue weighted by molar-refractivity contribution is -0.0577. The number of ether oxygens (including phenoxy) is 1. The SMILES string of the molecule is CCOC[C@@H]1CCN(C)C2(C1)CN(S(=O)(=O)c1ccccc1C)C2. The van der Waals surface area contributed by atoms with Gasteiger partial charge in [-0.05, 0) is 57.8 Å². The standard InChI is InChI=1S/C18H28N2O3S/c1-4-23-12-16-9-10-19(3)18(11-16)13-20(14-18)24(21,22)17-8-6-5-7-15(17)2/h5-8,16H,4,9-14H2,1-3H3/t16-/m1/s1. The molecule has 1 aromatic carbocycles. The van der Waals surface area contributed by atoms with Crippen LogP contribution >= 0.6 is 0 Å². The molecule has 2 aliphatic rings. The molecule has 0 aromatic heterocycles. The molecule has 2 fully saturated rings. The first-order chi connectivity index (χ1) is 11.4. The van der Waals surface area contributed by atoms with E-state index >= 15 is 0 Å². The number of aryl methyl sites for hydroxylation is 1. The number of nitrogens with zero attached hydrogens (tertiary/aromatic N) is 2. The highest BCUT2D eigenvalue weighted by Gasteiger charge is 2.53. The van der Waals surface area contributed by atoms with Gasteiger partial charge in [-0.15, -0.1) is 0 Å². The molecule has 0 N–H and O–H groups in total. The van der Waals surface area contributed by atoms with Crippen molar-refractivity contribution in [1.82, 2.24) is 9.21 Å². The highest BCUT2D eigenvalue weighted by molar-refractivity contribution is 7.89. The van der Waals surface area contributed by atoms with Gasteiger partial charge in [0.25, 0.3) is 0 Å². The number of likely N-dealkylation sites (tertiary alicyclic amines) is 1. The van der Waals surface area contributed by atoms with Crippen molar-refractivity contribution in [3.63, 3.8) is 0 Å². The van der Waals surface area contributed by atoms with Crippen LogP contribution in [0, 0.1) is 12.8 Å². The third-order valence-electron chi connectivity index (χ3n) is 5.56. The molecule has 1 spiro atoms. The van der Waals surface area contributed by atoms with Crippen molar-refractivity contribution in [3.8, 4) is 0 Å². The molecule has 24 heavy (non-hydrogen) atoms. The third-order valence-corrected chi connectivity index (χ3v) is 7.51. The van der Waals surface area contributed by atoms with Crippen molar-refractivity contribution < 1.29 is 13.2 Å². The second-order valence-corrected chi connectivity index (χ2v) is 9.11. The summed E-state index contributed by atoms with van der Waals surface area (Å²) < 4.78 is 33.0. The van der Waals surface area contributed by atoms with Crippen LogP contribution in [0.25, 0.3) is 0 Å². The first-order valence-electron chi connectivity index (χ1n) is 8.74. The molecular weight excluding hydrogens is 324 g/mol. The van der Waals surface area contributed by atoms with Crippen molar-refractivity contribution in [2.24, 2.45) is 5.92 Å². The zero-order valence-electron chi connectivity index (χ0n) is 14.9. The van der Waals surface area contributed by atoms with Gasteiger partial charge >= 0.3 is 0 Å². The predicted molar refractivity (Wildman–Crippen MR) is 94.5 cm³/mol. The maximum atomic E-state index is 12.9. The molecule has 6 heteroatoms. The topological polar surface area (TPSA) is 49.9 Å². The summed E-state index contributed by atoms with van der Waals surface area (Å²) in [5.41, 5.74) is 0.792. The lowest BCUT2D eigenvalue weighted by atomic mass is 9.77. The summed E-state index contributed by atoms with van der Waals surface area (Å²) in [7, 11) is -1.27. The number of sulfonamides is 1. The Morgan fingerprint density at radius 1 is 1.29 bits per heavy atom. The Hall–Kier alpha value is -0.950. The van der Waals surface area contributed by atoms with Crippen LogP contribution in [-0.4, -0.2) is 63.1 Å². The third kappa shape index (κ3) is 3.12. The quantitative estimate of drug-likeness (QED) is 0.814. The summed E-state index contributed by atoms with van der Waals surface area (Å²) in [4.78, 5) is 2.78. The zero-order chi connectivity index (χ0) is 17.4. The van der Waals surface area contributed by atoms with Crippen LogP contribution in [-0.2, 0) is 14.8 Å². The number of likely N-dealkylation sites (N-methyl/N-ethyl adjacent to an activating group) is 1. The van der Waals surface area contributed by atoms with Gasteiger partial charge < -0.3 is 4.74 Å². The molecule has 3 rings (SSSR count). The van der Waals surface area contributed by atoms with E-state index in [1.54, 1.807) is 16.4 Å². The summed E-state index contributed by atoms with van der Waals surface area (Å²) in [5.74, 6) is 0.532. The van der Waals surface area contributed by atoms with E-state index < -0.39 is 10.0 Å². The Kier molecular flexibility index (Phi) is 5.02. The fourth-order valence-corrected chi connectivity index (χ4v) is 5.80. The Labute approximate surface area is 145 Å². The van der Waals surface area contributed by atoms with E-state index in [4.69, 9.17) is 4.74 Å². The van der Waals surface area contributed by atoms with E-state index in [0.717, 1.165) is 38.2 Å². The second-order valence-electron chi connectivity index (χ2n) is 7.20. The normalized spacial score (nSPS) is 24.9. The van der Waals surface area contributed by atoms with Crippen LogP contribution in [0.4, 0.5) is 0 Å². The summed E-state index contributed by atoms with van der Waals surface area (Å²) in [6, 6.07) is 7.23. The van der Waals surface area contributed by atoms with Gasteiger partial charge in [0.1, 0.15) is 0 Å². The minimum Gasteiger partial charge on any atom is -0.381 e. The monoisotopic (exact) mass is 352 g/mol. The lowest BCUT2D eigenvalue weighted by Crippen LogP contribution is -2.72. The predicted octanol–water partition coefficient (Wildman–Crippen LogP) is 2.12. The molecule has 0 aliphatic carbocycles. The molecule has 2 saturated heterocycles. The van der Waals surface area contributed by atoms with Crippen LogP contribution in [0.15, 0.2) is 29.2 Å². The van der Waals surface area contributed by atoms with Gasteiger partial charge in [0.2, 0.25) is 10.0 Å². The Morgan fingerprint density at radius 2 is 2.00 bits per heavy atom. The molecule has 5 nitrogen and oxygen atoms in total. The molecule has 134 valence electrons. The molecule has 1 atom stereocenters. The van der Waals surface area contributed by atoms with E-state index in [2.05, 4.69) is 11.9 Å². The number of rotatable bonds is 5. The van der Waals surface area contributed by atoms with Gasteiger partial charge in [-0.1, -0.05) is 18.2 Å². The van der Waals surface area contributed by atoms with Crippen molar-refractivity contribution in [2.75, 3.05) is 39.9 Å². The first kappa shape index (κ1) is 17.9. The summed E-state index contributed by atoms with van der Waals surface area (Å²) in [5, 5.41) is 0. The van der Waals surface area contributed by atoms with E-state index in [9.17, 15) is 8.42 Å².